The third-order valence-electron chi connectivity index (χ3n) is 4.08. The van der Waals surface area contributed by atoms with Crippen LogP contribution in [0.2, 0.25) is 5.02 Å². The summed E-state index contributed by atoms with van der Waals surface area (Å²) in [4.78, 5) is 25.9. The Balaban J connectivity index is 1.76. The highest BCUT2D eigenvalue weighted by atomic mass is 35.5. The van der Waals surface area contributed by atoms with Gasteiger partial charge in [0.05, 0.1) is 0 Å². The molecule has 2 rings (SSSR count). The van der Waals surface area contributed by atoms with Crippen molar-refractivity contribution >= 4 is 23.5 Å². The molecule has 0 spiro atoms. The Labute approximate surface area is 149 Å². The molecule has 0 heterocycles. The van der Waals surface area contributed by atoms with Crippen molar-refractivity contribution in [2.24, 2.45) is 5.92 Å². The number of esters is 1. The van der Waals surface area contributed by atoms with Crippen LogP contribution in [0, 0.1) is 5.92 Å². The Kier molecular flexibility index (Phi) is 5.92. The van der Waals surface area contributed by atoms with Gasteiger partial charge in [-0.05, 0) is 51.2 Å². The average molecular weight is 352 g/mol. The maximum Gasteiger partial charge on any atom is 0.306 e. The van der Waals surface area contributed by atoms with E-state index in [-0.39, 0.29) is 23.7 Å². The zero-order valence-electron chi connectivity index (χ0n) is 14.8. The van der Waals surface area contributed by atoms with Gasteiger partial charge < -0.3 is 9.64 Å². The molecule has 0 aliphatic heterocycles. The first-order valence-corrected chi connectivity index (χ1v) is 8.78. The number of ether oxygens (including phenoxy) is 1. The molecule has 1 aliphatic rings. The van der Waals surface area contributed by atoms with Gasteiger partial charge in [-0.3, -0.25) is 9.59 Å². The molecule has 1 aromatic rings. The number of carbonyl (C=O) groups excluding carboxylic acids is 2. The number of benzene rings is 1. The first kappa shape index (κ1) is 18.8. The third-order valence-corrected chi connectivity index (χ3v) is 4.43. The molecule has 1 aliphatic carbocycles. The van der Waals surface area contributed by atoms with Gasteiger partial charge >= 0.3 is 5.97 Å². The van der Waals surface area contributed by atoms with Crippen LogP contribution in [0.1, 0.15) is 51.5 Å². The number of carbonyl (C=O) groups is 2. The molecule has 0 radical (unpaired) electrons. The minimum absolute atomic E-state index is 0.0106. The minimum atomic E-state index is -0.463. The molecule has 1 amide bonds. The van der Waals surface area contributed by atoms with Gasteiger partial charge in [0.2, 0.25) is 5.91 Å². The second kappa shape index (κ2) is 7.56. The van der Waals surface area contributed by atoms with E-state index < -0.39 is 5.60 Å². The summed E-state index contributed by atoms with van der Waals surface area (Å²) in [5.74, 6) is 0.142. The number of hydrogen-bond donors (Lipinski definition) is 0. The highest BCUT2D eigenvalue weighted by Crippen LogP contribution is 2.50. The fourth-order valence-corrected chi connectivity index (χ4v) is 3.11. The van der Waals surface area contributed by atoms with E-state index in [1.54, 1.807) is 11.9 Å². The van der Waals surface area contributed by atoms with Gasteiger partial charge in [0.1, 0.15) is 5.60 Å². The molecule has 132 valence electrons. The summed E-state index contributed by atoms with van der Waals surface area (Å²) in [7, 11) is 1.79. The Morgan fingerprint density at radius 1 is 1.29 bits per heavy atom. The highest BCUT2D eigenvalue weighted by Gasteiger charge is 2.45. The maximum absolute atomic E-state index is 12.5. The standard InChI is InChI=1S/C19H26ClNO3/c1-19(2,3)24-17(22)10-7-11-21(4)18(23)15-12-14(15)13-8-5-6-9-16(13)20/h5-6,8-9,14-15H,7,10-12H2,1-4H3. The monoisotopic (exact) mass is 351 g/mol. The van der Waals surface area contributed by atoms with Crippen molar-refractivity contribution in [1.29, 1.82) is 0 Å². The highest BCUT2D eigenvalue weighted by molar-refractivity contribution is 6.31. The SMILES string of the molecule is CN(CCCC(=O)OC(C)(C)C)C(=O)C1CC1c1ccccc1Cl. The van der Waals surface area contributed by atoms with Crippen LogP contribution in [0.25, 0.3) is 0 Å². The van der Waals surface area contributed by atoms with E-state index in [9.17, 15) is 9.59 Å². The van der Waals surface area contributed by atoms with Crippen LogP contribution in [-0.2, 0) is 14.3 Å². The van der Waals surface area contributed by atoms with E-state index in [4.69, 9.17) is 16.3 Å². The van der Waals surface area contributed by atoms with Crippen molar-refractivity contribution in [2.45, 2.75) is 51.6 Å². The molecule has 1 saturated carbocycles. The first-order valence-electron chi connectivity index (χ1n) is 8.40. The van der Waals surface area contributed by atoms with E-state index in [1.807, 2.05) is 45.0 Å². The minimum Gasteiger partial charge on any atom is -0.460 e. The molecule has 5 heteroatoms. The van der Waals surface area contributed by atoms with Gasteiger partial charge in [0, 0.05) is 31.0 Å². The first-order chi connectivity index (χ1) is 11.2. The Morgan fingerprint density at radius 2 is 1.96 bits per heavy atom. The van der Waals surface area contributed by atoms with Gasteiger partial charge in [-0.15, -0.1) is 0 Å². The van der Waals surface area contributed by atoms with Gasteiger partial charge in [0.25, 0.3) is 0 Å². The molecule has 0 bridgehead atoms. The predicted octanol–water partition coefficient (Wildman–Crippen LogP) is 4.02. The Hall–Kier alpha value is -1.55. The molecule has 0 aromatic heterocycles. The van der Waals surface area contributed by atoms with Gasteiger partial charge in [0.15, 0.2) is 0 Å². The largest absolute Gasteiger partial charge is 0.460 e. The molecule has 4 nitrogen and oxygen atoms in total. The maximum atomic E-state index is 12.5. The molecule has 1 aromatic carbocycles. The molecule has 2 atom stereocenters. The van der Waals surface area contributed by atoms with Crippen molar-refractivity contribution in [1.82, 2.24) is 4.90 Å². The smallest absolute Gasteiger partial charge is 0.306 e. The molecular weight excluding hydrogens is 326 g/mol. The van der Waals surface area contributed by atoms with Gasteiger partial charge in [-0.1, -0.05) is 29.8 Å². The van der Waals surface area contributed by atoms with E-state index in [0.717, 1.165) is 17.0 Å². The fourth-order valence-electron chi connectivity index (χ4n) is 2.83. The molecule has 1 fully saturated rings. The summed E-state index contributed by atoms with van der Waals surface area (Å²) in [6.45, 7) is 6.11. The second-order valence-electron chi connectivity index (χ2n) is 7.42. The van der Waals surface area contributed by atoms with Crippen LogP contribution in [0.3, 0.4) is 0 Å². The van der Waals surface area contributed by atoms with E-state index in [2.05, 4.69) is 0 Å². The lowest BCUT2D eigenvalue weighted by molar-refractivity contribution is -0.155. The molecule has 2 unspecified atom stereocenters. The van der Waals surface area contributed by atoms with Gasteiger partial charge in [-0.2, -0.15) is 0 Å². The van der Waals surface area contributed by atoms with Crippen LogP contribution in [-0.4, -0.2) is 36.0 Å². The van der Waals surface area contributed by atoms with Crippen LogP contribution >= 0.6 is 11.6 Å². The summed E-state index contributed by atoms with van der Waals surface area (Å²) < 4.78 is 5.27. The summed E-state index contributed by atoms with van der Waals surface area (Å²) in [6.07, 6.45) is 1.78. The van der Waals surface area contributed by atoms with Crippen molar-refractivity contribution < 1.29 is 14.3 Å². The second-order valence-corrected chi connectivity index (χ2v) is 7.83. The fraction of sp³-hybridized carbons (Fsp3) is 0.579. The summed E-state index contributed by atoms with van der Waals surface area (Å²) in [6, 6.07) is 7.70. The summed E-state index contributed by atoms with van der Waals surface area (Å²) in [5.41, 5.74) is 0.592. The van der Waals surface area contributed by atoms with Crippen LogP contribution in [0.5, 0.6) is 0 Å². The van der Waals surface area contributed by atoms with E-state index >= 15 is 0 Å². The van der Waals surface area contributed by atoms with Crippen molar-refractivity contribution in [3.63, 3.8) is 0 Å². The summed E-state index contributed by atoms with van der Waals surface area (Å²) >= 11 is 6.20. The van der Waals surface area contributed by atoms with Crippen LogP contribution < -0.4 is 0 Å². The molecular formula is C19H26ClNO3. The third kappa shape index (κ3) is 5.23. The number of amides is 1. The van der Waals surface area contributed by atoms with Crippen LogP contribution in [0.4, 0.5) is 0 Å². The number of nitrogens with zero attached hydrogens (tertiary/aromatic N) is 1. The number of halogens is 1. The van der Waals surface area contributed by atoms with Crippen molar-refractivity contribution in [2.75, 3.05) is 13.6 Å². The zero-order valence-corrected chi connectivity index (χ0v) is 15.6. The summed E-state index contributed by atoms with van der Waals surface area (Å²) in [5, 5.41) is 0.727. The molecule has 0 saturated heterocycles. The van der Waals surface area contributed by atoms with Gasteiger partial charge in [-0.25, -0.2) is 0 Å². The van der Waals surface area contributed by atoms with Crippen LogP contribution in [0.15, 0.2) is 24.3 Å². The zero-order chi connectivity index (χ0) is 17.9. The lowest BCUT2D eigenvalue weighted by Crippen LogP contribution is -2.30. The van der Waals surface area contributed by atoms with Crippen molar-refractivity contribution in [3.05, 3.63) is 34.9 Å². The van der Waals surface area contributed by atoms with Crippen molar-refractivity contribution in [3.8, 4) is 0 Å². The number of rotatable bonds is 6. The van der Waals surface area contributed by atoms with E-state index in [1.165, 1.54) is 0 Å². The molecule has 0 N–H and O–H groups in total. The Bertz CT molecular complexity index is 609. The predicted molar refractivity (Wildman–Crippen MR) is 95.0 cm³/mol. The molecule has 24 heavy (non-hydrogen) atoms. The lowest BCUT2D eigenvalue weighted by Gasteiger charge is -2.20. The Morgan fingerprint density at radius 3 is 2.58 bits per heavy atom. The topological polar surface area (TPSA) is 46.6 Å². The van der Waals surface area contributed by atoms with E-state index in [0.29, 0.717) is 19.4 Å². The lowest BCUT2D eigenvalue weighted by atomic mass is 10.1. The average Bonchev–Trinajstić information content (AvgIpc) is 3.25. The number of hydrogen-bond acceptors (Lipinski definition) is 3. The normalized spacial score (nSPS) is 19.7. The quantitative estimate of drug-likeness (QED) is 0.727.